The molecule has 0 saturated carbocycles. The van der Waals surface area contributed by atoms with Crippen molar-refractivity contribution in [3.63, 3.8) is 0 Å². The molecule has 1 heterocycles. The van der Waals surface area contributed by atoms with E-state index in [1.807, 2.05) is 0 Å². The van der Waals surface area contributed by atoms with Gasteiger partial charge in [-0.3, -0.25) is 4.79 Å². The van der Waals surface area contributed by atoms with E-state index in [4.69, 9.17) is 27.6 Å². The highest BCUT2D eigenvalue weighted by Crippen LogP contribution is 2.32. The van der Waals surface area contributed by atoms with E-state index in [2.05, 4.69) is 0 Å². The summed E-state index contributed by atoms with van der Waals surface area (Å²) in [5.41, 5.74) is 0.465. The van der Waals surface area contributed by atoms with Crippen LogP contribution in [0.15, 0.2) is 45.8 Å². The molecule has 0 bridgehead atoms. The quantitative estimate of drug-likeness (QED) is 0.705. The van der Waals surface area contributed by atoms with Gasteiger partial charge in [-0.25, -0.2) is 0 Å². The van der Waals surface area contributed by atoms with Crippen LogP contribution in [0.1, 0.15) is 0 Å². The number of halogens is 2. The lowest BCUT2D eigenvalue weighted by molar-refractivity contribution is 0.473. The smallest absolute Gasteiger partial charge is 0.202 e. The summed E-state index contributed by atoms with van der Waals surface area (Å²) >= 11 is 12.0. The third-order valence-corrected chi connectivity index (χ3v) is 3.67. The predicted molar refractivity (Wildman–Crippen MR) is 81.3 cm³/mol. The fourth-order valence-corrected chi connectivity index (χ4v) is 2.67. The highest BCUT2D eigenvalue weighted by molar-refractivity contribution is 6.35. The minimum Gasteiger partial charge on any atom is -0.508 e. The molecule has 0 radical (unpaired) electrons. The fourth-order valence-electron chi connectivity index (χ4n) is 2.10. The molecule has 21 heavy (non-hydrogen) atoms. The summed E-state index contributed by atoms with van der Waals surface area (Å²) in [5.74, 6) is -0.0945. The first kappa shape index (κ1) is 13.8. The molecule has 4 nitrogen and oxygen atoms in total. The second-order valence-electron chi connectivity index (χ2n) is 4.44. The Hall–Kier alpha value is -2.17. The largest absolute Gasteiger partial charge is 0.508 e. The number of hydrogen-bond donors (Lipinski definition) is 2. The first-order valence-electron chi connectivity index (χ1n) is 5.90. The van der Waals surface area contributed by atoms with Crippen LogP contribution >= 0.6 is 23.2 Å². The molecule has 1 aromatic heterocycles. The highest BCUT2D eigenvalue weighted by Gasteiger charge is 2.15. The van der Waals surface area contributed by atoms with Gasteiger partial charge in [0.2, 0.25) is 5.43 Å². The molecule has 0 aliphatic carbocycles. The Morgan fingerprint density at radius 1 is 0.905 bits per heavy atom. The number of benzene rings is 2. The van der Waals surface area contributed by atoms with Crippen molar-refractivity contribution < 1.29 is 14.6 Å². The lowest BCUT2D eigenvalue weighted by Gasteiger charge is -2.06. The van der Waals surface area contributed by atoms with Crippen LogP contribution in [0.3, 0.4) is 0 Å². The number of aromatic hydroxyl groups is 2. The molecule has 3 aromatic rings. The average molecular weight is 323 g/mol. The zero-order valence-corrected chi connectivity index (χ0v) is 11.9. The molecule has 0 amide bonds. The Labute approximate surface area is 128 Å². The Morgan fingerprint density at radius 3 is 2.33 bits per heavy atom. The third-order valence-electron chi connectivity index (χ3n) is 3.06. The standard InChI is InChI=1S/C15H8Cl2O4/c16-11-3-7(18)1-2-9(11)10-6-21-13-5-8(19)4-12(17)14(13)15(10)20/h1-6,18-19H. The van der Waals surface area contributed by atoms with Gasteiger partial charge in [0.15, 0.2) is 0 Å². The van der Waals surface area contributed by atoms with E-state index >= 15 is 0 Å². The van der Waals surface area contributed by atoms with E-state index < -0.39 is 0 Å². The topological polar surface area (TPSA) is 70.7 Å². The maximum atomic E-state index is 12.6. The SMILES string of the molecule is O=c1c(-c2ccc(O)cc2Cl)coc2cc(O)cc(Cl)c12. The monoisotopic (exact) mass is 322 g/mol. The normalized spacial score (nSPS) is 11.0. The van der Waals surface area contributed by atoms with Crippen molar-refractivity contribution in [2.45, 2.75) is 0 Å². The minimum atomic E-state index is -0.367. The van der Waals surface area contributed by atoms with Gasteiger partial charge in [-0.15, -0.1) is 0 Å². The molecule has 0 spiro atoms. The molecule has 3 rings (SSSR count). The fraction of sp³-hybridized carbons (Fsp3) is 0. The Kier molecular flexibility index (Phi) is 3.27. The zero-order chi connectivity index (χ0) is 15.1. The summed E-state index contributed by atoms with van der Waals surface area (Å²) in [6, 6.07) is 6.85. The molecule has 6 heteroatoms. The molecule has 0 aliphatic heterocycles. The predicted octanol–water partition coefficient (Wildman–Crippen LogP) is 4.18. The summed E-state index contributed by atoms with van der Waals surface area (Å²) in [5, 5.41) is 19.3. The Balaban J connectivity index is 2.35. The number of hydrogen-bond acceptors (Lipinski definition) is 4. The molecule has 106 valence electrons. The molecule has 0 saturated heterocycles. The molecule has 0 atom stereocenters. The molecule has 2 aromatic carbocycles. The van der Waals surface area contributed by atoms with Crippen LogP contribution < -0.4 is 5.43 Å². The van der Waals surface area contributed by atoms with Crippen molar-refractivity contribution >= 4 is 34.2 Å². The average Bonchev–Trinajstić information content (AvgIpc) is 2.39. The lowest BCUT2D eigenvalue weighted by Crippen LogP contribution is -2.05. The molecule has 0 aliphatic rings. The number of phenolic OH excluding ortho intramolecular Hbond substituents is 2. The van der Waals surface area contributed by atoms with Gasteiger partial charge in [-0.2, -0.15) is 0 Å². The third kappa shape index (κ3) is 2.33. The van der Waals surface area contributed by atoms with E-state index in [9.17, 15) is 15.0 Å². The van der Waals surface area contributed by atoms with Gasteiger partial charge in [-0.05, 0) is 24.3 Å². The summed E-state index contributed by atoms with van der Waals surface area (Å²) in [7, 11) is 0. The Morgan fingerprint density at radius 2 is 1.62 bits per heavy atom. The summed E-state index contributed by atoms with van der Waals surface area (Å²) in [4.78, 5) is 12.6. The van der Waals surface area contributed by atoms with Gasteiger partial charge >= 0.3 is 0 Å². The van der Waals surface area contributed by atoms with Crippen LogP contribution in [0.4, 0.5) is 0 Å². The van der Waals surface area contributed by atoms with Crippen LogP contribution in [0.25, 0.3) is 22.1 Å². The first-order valence-corrected chi connectivity index (χ1v) is 6.66. The van der Waals surface area contributed by atoms with Crippen LogP contribution in [-0.4, -0.2) is 10.2 Å². The van der Waals surface area contributed by atoms with E-state index in [0.29, 0.717) is 5.56 Å². The van der Waals surface area contributed by atoms with Crippen LogP contribution in [0.2, 0.25) is 10.0 Å². The van der Waals surface area contributed by atoms with Crippen molar-refractivity contribution in [1.82, 2.24) is 0 Å². The van der Waals surface area contributed by atoms with E-state index in [0.717, 1.165) is 0 Å². The molecule has 0 fully saturated rings. The molecular formula is C15H8Cl2O4. The van der Waals surface area contributed by atoms with Crippen molar-refractivity contribution in [2.75, 3.05) is 0 Å². The minimum absolute atomic E-state index is 0.00289. The summed E-state index contributed by atoms with van der Waals surface area (Å²) in [6.07, 6.45) is 1.25. The lowest BCUT2D eigenvalue weighted by atomic mass is 10.1. The van der Waals surface area contributed by atoms with Crippen LogP contribution in [0.5, 0.6) is 11.5 Å². The summed E-state index contributed by atoms with van der Waals surface area (Å²) < 4.78 is 5.36. The van der Waals surface area contributed by atoms with Gasteiger partial charge < -0.3 is 14.6 Å². The molecule has 0 unspecified atom stereocenters. The van der Waals surface area contributed by atoms with Crippen LogP contribution in [0, 0.1) is 0 Å². The van der Waals surface area contributed by atoms with Crippen molar-refractivity contribution in [1.29, 1.82) is 0 Å². The van der Waals surface area contributed by atoms with Gasteiger partial charge in [0.1, 0.15) is 23.3 Å². The van der Waals surface area contributed by atoms with Crippen molar-refractivity contribution in [3.05, 3.63) is 56.9 Å². The van der Waals surface area contributed by atoms with Crippen molar-refractivity contribution in [2.24, 2.45) is 0 Å². The van der Waals surface area contributed by atoms with E-state index in [1.54, 1.807) is 0 Å². The van der Waals surface area contributed by atoms with E-state index in [1.165, 1.54) is 36.6 Å². The maximum Gasteiger partial charge on any atom is 0.202 e. The highest BCUT2D eigenvalue weighted by atomic mass is 35.5. The Bertz CT molecular complexity index is 915. The number of fused-ring (bicyclic) bond motifs is 1. The first-order chi connectivity index (χ1) is 9.97. The van der Waals surface area contributed by atoms with Gasteiger partial charge in [0.05, 0.1) is 21.0 Å². The van der Waals surface area contributed by atoms with Gasteiger partial charge in [0.25, 0.3) is 0 Å². The second kappa shape index (κ2) is 4.98. The molecular weight excluding hydrogens is 315 g/mol. The maximum absolute atomic E-state index is 12.6. The zero-order valence-electron chi connectivity index (χ0n) is 10.4. The van der Waals surface area contributed by atoms with Gasteiger partial charge in [0, 0.05) is 11.6 Å². The number of rotatable bonds is 1. The summed E-state index contributed by atoms with van der Waals surface area (Å²) in [6.45, 7) is 0. The van der Waals surface area contributed by atoms with Crippen LogP contribution in [-0.2, 0) is 0 Å². The number of phenols is 2. The van der Waals surface area contributed by atoms with Crippen molar-refractivity contribution in [3.8, 4) is 22.6 Å². The second-order valence-corrected chi connectivity index (χ2v) is 5.26. The van der Waals surface area contributed by atoms with Gasteiger partial charge in [-0.1, -0.05) is 23.2 Å². The molecule has 2 N–H and O–H groups in total. The van der Waals surface area contributed by atoms with E-state index in [-0.39, 0.29) is 43.5 Å².